The molecule has 2 aromatic heterocycles. The van der Waals surface area contributed by atoms with E-state index in [2.05, 4.69) is 60.4 Å². The van der Waals surface area contributed by atoms with Crippen molar-refractivity contribution in [2.24, 2.45) is 0 Å². The Morgan fingerprint density at radius 1 is 1.04 bits per heavy atom. The molecule has 3 heterocycles. The molecule has 118 valence electrons. The van der Waals surface area contributed by atoms with Crippen LogP contribution in [0.15, 0.2) is 47.5 Å². The van der Waals surface area contributed by atoms with Gasteiger partial charge in [-0.3, -0.25) is 0 Å². The van der Waals surface area contributed by atoms with Crippen molar-refractivity contribution >= 4 is 38.8 Å². The lowest BCUT2D eigenvalue weighted by molar-refractivity contribution is 0.578. The molecule has 23 heavy (non-hydrogen) atoms. The van der Waals surface area contributed by atoms with E-state index in [1.54, 1.807) is 6.20 Å². The SMILES string of the molecule is Brc1cn2ccnc2c(Nc2ccc(N3CCCCC3)cc2)n1. The molecule has 0 spiro atoms. The van der Waals surface area contributed by atoms with Crippen molar-refractivity contribution in [3.8, 4) is 0 Å². The maximum atomic E-state index is 4.49. The third kappa shape index (κ3) is 3.03. The second-order valence-corrected chi connectivity index (χ2v) is 6.60. The number of nitrogens with one attached hydrogen (secondary N) is 1. The minimum atomic E-state index is 0.745. The molecule has 0 amide bonds. The number of imidazole rings is 1. The van der Waals surface area contributed by atoms with Crippen molar-refractivity contribution in [1.29, 1.82) is 0 Å². The molecule has 1 aromatic carbocycles. The molecule has 4 rings (SSSR count). The van der Waals surface area contributed by atoms with Crippen molar-refractivity contribution < 1.29 is 0 Å². The summed E-state index contributed by atoms with van der Waals surface area (Å²) in [6.07, 6.45) is 9.51. The van der Waals surface area contributed by atoms with Crippen LogP contribution in [0.5, 0.6) is 0 Å². The molecular weight excluding hydrogens is 354 g/mol. The second-order valence-electron chi connectivity index (χ2n) is 5.79. The van der Waals surface area contributed by atoms with E-state index >= 15 is 0 Å². The van der Waals surface area contributed by atoms with Gasteiger partial charge in [0, 0.05) is 43.1 Å². The number of hydrogen-bond donors (Lipinski definition) is 1. The number of hydrogen-bond acceptors (Lipinski definition) is 4. The molecule has 3 aromatic rings. The Morgan fingerprint density at radius 2 is 1.83 bits per heavy atom. The van der Waals surface area contributed by atoms with E-state index in [0.29, 0.717) is 0 Å². The van der Waals surface area contributed by atoms with Crippen LogP contribution in [0, 0.1) is 0 Å². The van der Waals surface area contributed by atoms with Crippen LogP contribution in [0.1, 0.15) is 19.3 Å². The number of aromatic nitrogens is 3. The lowest BCUT2D eigenvalue weighted by Gasteiger charge is -2.28. The summed E-state index contributed by atoms with van der Waals surface area (Å²) in [6.45, 7) is 2.32. The monoisotopic (exact) mass is 371 g/mol. The summed E-state index contributed by atoms with van der Waals surface area (Å²) in [5.74, 6) is 0.745. The molecule has 1 aliphatic rings. The average Bonchev–Trinajstić information content (AvgIpc) is 3.05. The second kappa shape index (κ2) is 6.20. The van der Waals surface area contributed by atoms with Crippen LogP contribution >= 0.6 is 15.9 Å². The zero-order chi connectivity index (χ0) is 15.6. The number of piperidine rings is 1. The average molecular weight is 372 g/mol. The highest BCUT2D eigenvalue weighted by molar-refractivity contribution is 9.10. The molecule has 6 heteroatoms. The number of fused-ring (bicyclic) bond motifs is 1. The van der Waals surface area contributed by atoms with E-state index in [1.807, 2.05) is 16.8 Å². The summed E-state index contributed by atoms with van der Waals surface area (Å²) in [4.78, 5) is 11.3. The first kappa shape index (κ1) is 14.5. The van der Waals surface area contributed by atoms with E-state index < -0.39 is 0 Å². The number of benzene rings is 1. The van der Waals surface area contributed by atoms with E-state index in [4.69, 9.17) is 0 Å². The molecule has 1 aliphatic heterocycles. The minimum absolute atomic E-state index is 0.745. The molecule has 0 aliphatic carbocycles. The summed E-state index contributed by atoms with van der Waals surface area (Å²) in [7, 11) is 0. The van der Waals surface area contributed by atoms with Gasteiger partial charge in [0.1, 0.15) is 4.60 Å². The van der Waals surface area contributed by atoms with Crippen molar-refractivity contribution in [1.82, 2.24) is 14.4 Å². The van der Waals surface area contributed by atoms with Gasteiger partial charge in [-0.2, -0.15) is 0 Å². The van der Waals surface area contributed by atoms with Gasteiger partial charge in [-0.25, -0.2) is 9.97 Å². The van der Waals surface area contributed by atoms with Crippen LogP contribution in [-0.4, -0.2) is 27.5 Å². The Labute approximate surface area is 143 Å². The van der Waals surface area contributed by atoms with Crippen LogP contribution in [-0.2, 0) is 0 Å². The first-order valence-electron chi connectivity index (χ1n) is 7.91. The Balaban J connectivity index is 1.57. The Hall–Kier alpha value is -2.08. The first-order chi connectivity index (χ1) is 11.3. The Morgan fingerprint density at radius 3 is 2.61 bits per heavy atom. The molecule has 1 N–H and O–H groups in total. The van der Waals surface area contributed by atoms with Gasteiger partial charge in [0.05, 0.1) is 0 Å². The fourth-order valence-corrected chi connectivity index (χ4v) is 3.43. The summed E-state index contributed by atoms with van der Waals surface area (Å²) >= 11 is 3.44. The van der Waals surface area contributed by atoms with Gasteiger partial charge in [0.25, 0.3) is 0 Å². The van der Waals surface area contributed by atoms with Gasteiger partial charge < -0.3 is 14.6 Å². The van der Waals surface area contributed by atoms with E-state index in [9.17, 15) is 0 Å². The Bertz CT molecular complexity index is 805. The van der Waals surface area contributed by atoms with Crippen LogP contribution < -0.4 is 10.2 Å². The van der Waals surface area contributed by atoms with Crippen molar-refractivity contribution in [3.05, 3.63) is 47.5 Å². The topological polar surface area (TPSA) is 45.5 Å². The van der Waals surface area contributed by atoms with Crippen LogP contribution in [0.25, 0.3) is 5.65 Å². The molecule has 5 nitrogen and oxygen atoms in total. The quantitative estimate of drug-likeness (QED) is 0.748. The number of halogens is 1. The molecule has 0 unspecified atom stereocenters. The molecule has 0 atom stereocenters. The molecule has 0 saturated carbocycles. The maximum Gasteiger partial charge on any atom is 0.180 e. The third-order valence-corrected chi connectivity index (χ3v) is 4.58. The fourth-order valence-electron chi connectivity index (χ4n) is 3.03. The number of anilines is 3. The normalized spacial score (nSPS) is 15.1. The lowest BCUT2D eigenvalue weighted by atomic mass is 10.1. The predicted octanol–water partition coefficient (Wildman–Crippen LogP) is 4.23. The largest absolute Gasteiger partial charge is 0.372 e. The van der Waals surface area contributed by atoms with Gasteiger partial charge in [0.15, 0.2) is 11.5 Å². The highest BCUT2D eigenvalue weighted by atomic mass is 79.9. The van der Waals surface area contributed by atoms with E-state index in [0.717, 1.165) is 34.8 Å². The van der Waals surface area contributed by atoms with E-state index in [1.165, 1.54) is 24.9 Å². The van der Waals surface area contributed by atoms with Crippen LogP contribution in [0.3, 0.4) is 0 Å². The van der Waals surface area contributed by atoms with Crippen LogP contribution in [0.2, 0.25) is 0 Å². The predicted molar refractivity (Wildman–Crippen MR) is 96.5 cm³/mol. The molecule has 0 radical (unpaired) electrons. The summed E-state index contributed by atoms with van der Waals surface area (Å²) in [6, 6.07) is 8.56. The number of nitrogens with zero attached hydrogens (tertiary/aromatic N) is 4. The molecule has 0 bridgehead atoms. The highest BCUT2D eigenvalue weighted by Crippen LogP contribution is 2.25. The zero-order valence-corrected chi connectivity index (χ0v) is 14.3. The van der Waals surface area contributed by atoms with Gasteiger partial charge in [-0.05, 0) is 59.5 Å². The van der Waals surface area contributed by atoms with Crippen molar-refractivity contribution in [2.45, 2.75) is 19.3 Å². The van der Waals surface area contributed by atoms with Gasteiger partial charge >= 0.3 is 0 Å². The molecule has 1 saturated heterocycles. The first-order valence-corrected chi connectivity index (χ1v) is 8.70. The zero-order valence-electron chi connectivity index (χ0n) is 12.7. The Kier molecular flexibility index (Phi) is 3.91. The third-order valence-electron chi connectivity index (χ3n) is 4.20. The molecule has 1 fully saturated rings. The fraction of sp³-hybridized carbons (Fsp3) is 0.294. The summed E-state index contributed by atoms with van der Waals surface area (Å²) in [5, 5.41) is 3.36. The lowest BCUT2D eigenvalue weighted by Crippen LogP contribution is -2.29. The van der Waals surface area contributed by atoms with Gasteiger partial charge in [-0.15, -0.1) is 0 Å². The van der Waals surface area contributed by atoms with Gasteiger partial charge in [0.2, 0.25) is 0 Å². The standard InChI is InChI=1S/C17H18BrN5/c18-15-12-23-11-8-19-17(23)16(21-15)20-13-4-6-14(7-5-13)22-9-2-1-3-10-22/h4-8,11-12H,1-3,9-10H2,(H,20,21). The highest BCUT2D eigenvalue weighted by Gasteiger charge is 2.11. The van der Waals surface area contributed by atoms with Gasteiger partial charge in [-0.1, -0.05) is 0 Å². The van der Waals surface area contributed by atoms with Crippen molar-refractivity contribution in [2.75, 3.05) is 23.3 Å². The summed E-state index contributed by atoms with van der Waals surface area (Å²) in [5.41, 5.74) is 3.12. The maximum absolute atomic E-state index is 4.49. The summed E-state index contributed by atoms with van der Waals surface area (Å²) < 4.78 is 2.72. The molecular formula is C17H18BrN5. The van der Waals surface area contributed by atoms with E-state index in [-0.39, 0.29) is 0 Å². The van der Waals surface area contributed by atoms with Crippen molar-refractivity contribution in [3.63, 3.8) is 0 Å². The smallest absolute Gasteiger partial charge is 0.180 e. The van der Waals surface area contributed by atoms with Crippen LogP contribution in [0.4, 0.5) is 17.2 Å². The minimum Gasteiger partial charge on any atom is -0.372 e. The number of rotatable bonds is 3.